The lowest BCUT2D eigenvalue weighted by molar-refractivity contribution is 0.391. The SMILES string of the molecule is COc1ccc(CN(c2cnns2)S(=O)(=O)c2cc(Cl)c(F)cc2F)c(OC)c1. The molecule has 0 atom stereocenters. The quantitative estimate of drug-likeness (QED) is 0.497. The lowest BCUT2D eigenvalue weighted by atomic mass is 10.2. The van der Waals surface area contributed by atoms with E-state index in [0.717, 1.165) is 21.9 Å². The summed E-state index contributed by atoms with van der Waals surface area (Å²) >= 11 is 6.48. The highest BCUT2D eigenvalue weighted by Gasteiger charge is 2.31. The summed E-state index contributed by atoms with van der Waals surface area (Å²) in [5.41, 5.74) is 0.471. The topological polar surface area (TPSA) is 81.6 Å². The van der Waals surface area contributed by atoms with Gasteiger partial charge in [0.15, 0.2) is 0 Å². The number of nitrogens with zero attached hydrogens (tertiary/aromatic N) is 3. The minimum Gasteiger partial charge on any atom is -0.497 e. The van der Waals surface area contributed by atoms with E-state index < -0.39 is 31.6 Å². The number of aromatic nitrogens is 2. The second kappa shape index (κ2) is 8.47. The molecule has 0 unspecified atom stereocenters. The number of sulfonamides is 1. The maximum absolute atomic E-state index is 14.3. The van der Waals surface area contributed by atoms with Gasteiger partial charge in [-0.05, 0) is 18.2 Å². The summed E-state index contributed by atoms with van der Waals surface area (Å²) in [6.07, 6.45) is 1.22. The molecule has 0 spiro atoms. The zero-order chi connectivity index (χ0) is 21.2. The van der Waals surface area contributed by atoms with Crippen LogP contribution in [0.25, 0.3) is 0 Å². The standard InChI is InChI=1S/C17H14ClF2N3O4S2/c1-26-11-4-3-10(15(5-11)27-2)9-23(17-8-21-22-28-17)29(24,25)16-6-12(18)13(19)7-14(16)20/h3-8H,9H2,1-2H3. The van der Waals surface area contributed by atoms with E-state index in [2.05, 4.69) is 9.59 Å². The van der Waals surface area contributed by atoms with Crippen molar-refractivity contribution in [1.82, 2.24) is 9.59 Å². The molecule has 0 fully saturated rings. The molecule has 1 aromatic heterocycles. The predicted molar refractivity (Wildman–Crippen MR) is 104 cm³/mol. The Bertz CT molecular complexity index is 1130. The number of benzene rings is 2. The van der Waals surface area contributed by atoms with Crippen LogP contribution >= 0.6 is 23.1 Å². The molecular formula is C17H14ClF2N3O4S2. The lowest BCUT2D eigenvalue weighted by Gasteiger charge is -2.23. The third-order valence-corrected chi connectivity index (χ3v) is 6.82. The normalized spacial score (nSPS) is 11.3. The van der Waals surface area contributed by atoms with Gasteiger partial charge in [0.2, 0.25) is 0 Å². The van der Waals surface area contributed by atoms with Crippen LogP contribution in [0, 0.1) is 11.6 Å². The maximum Gasteiger partial charge on any atom is 0.268 e. The molecule has 2 aromatic carbocycles. The van der Waals surface area contributed by atoms with Gasteiger partial charge < -0.3 is 9.47 Å². The molecule has 3 aromatic rings. The molecule has 3 rings (SSSR count). The summed E-state index contributed by atoms with van der Waals surface area (Å²) in [6, 6.07) is 5.98. The third kappa shape index (κ3) is 4.26. The molecule has 0 radical (unpaired) electrons. The Morgan fingerprint density at radius 1 is 1.14 bits per heavy atom. The summed E-state index contributed by atoms with van der Waals surface area (Å²) < 4.78 is 69.3. The van der Waals surface area contributed by atoms with Gasteiger partial charge in [-0.3, -0.25) is 0 Å². The van der Waals surface area contributed by atoms with Gasteiger partial charge in [0.25, 0.3) is 10.0 Å². The molecule has 0 bridgehead atoms. The van der Waals surface area contributed by atoms with Crippen molar-refractivity contribution >= 4 is 38.2 Å². The Morgan fingerprint density at radius 3 is 2.52 bits per heavy atom. The zero-order valence-corrected chi connectivity index (χ0v) is 17.5. The van der Waals surface area contributed by atoms with Crippen molar-refractivity contribution < 1.29 is 26.7 Å². The number of hydrogen-bond donors (Lipinski definition) is 0. The highest BCUT2D eigenvalue weighted by atomic mass is 35.5. The molecule has 0 aliphatic heterocycles. The van der Waals surface area contributed by atoms with Gasteiger partial charge in [-0.1, -0.05) is 16.1 Å². The van der Waals surface area contributed by atoms with Crippen LogP contribution in [0.5, 0.6) is 11.5 Å². The molecular weight excluding hydrogens is 448 g/mol. The molecule has 0 saturated heterocycles. The monoisotopic (exact) mass is 461 g/mol. The first-order valence-electron chi connectivity index (χ1n) is 7.93. The Labute approximate surface area is 174 Å². The Balaban J connectivity index is 2.11. The number of rotatable bonds is 7. The molecule has 7 nitrogen and oxygen atoms in total. The number of anilines is 1. The molecule has 1 heterocycles. The number of hydrogen-bond acceptors (Lipinski definition) is 7. The van der Waals surface area contributed by atoms with Crippen molar-refractivity contribution in [2.45, 2.75) is 11.4 Å². The van der Waals surface area contributed by atoms with Crippen LogP contribution in [0.3, 0.4) is 0 Å². The van der Waals surface area contributed by atoms with Crippen molar-refractivity contribution in [1.29, 1.82) is 0 Å². The van der Waals surface area contributed by atoms with Crippen LogP contribution in [0.1, 0.15) is 5.56 Å². The van der Waals surface area contributed by atoms with Crippen LogP contribution in [0.2, 0.25) is 5.02 Å². The lowest BCUT2D eigenvalue weighted by Crippen LogP contribution is -2.31. The van der Waals surface area contributed by atoms with Crippen LogP contribution in [-0.4, -0.2) is 32.2 Å². The third-order valence-electron chi connectivity index (χ3n) is 3.95. The first-order chi connectivity index (χ1) is 13.8. The van der Waals surface area contributed by atoms with E-state index in [-0.39, 0.29) is 11.5 Å². The first-order valence-corrected chi connectivity index (χ1v) is 10.5. The summed E-state index contributed by atoms with van der Waals surface area (Å²) in [4.78, 5) is -0.773. The van der Waals surface area contributed by atoms with E-state index in [9.17, 15) is 17.2 Å². The van der Waals surface area contributed by atoms with E-state index in [4.69, 9.17) is 21.1 Å². The number of halogens is 3. The number of ether oxygens (including phenoxy) is 2. The summed E-state index contributed by atoms with van der Waals surface area (Å²) in [6.45, 7) is -0.228. The van der Waals surface area contributed by atoms with Crippen molar-refractivity contribution in [2.24, 2.45) is 0 Å². The molecule has 154 valence electrons. The van der Waals surface area contributed by atoms with Gasteiger partial charge in [0.1, 0.15) is 33.0 Å². The first kappa shape index (κ1) is 21.2. The van der Waals surface area contributed by atoms with Crippen LogP contribution in [-0.2, 0) is 16.6 Å². The van der Waals surface area contributed by atoms with Gasteiger partial charge in [-0.25, -0.2) is 21.5 Å². The highest BCUT2D eigenvalue weighted by molar-refractivity contribution is 7.93. The van der Waals surface area contributed by atoms with Crippen LogP contribution in [0.4, 0.5) is 13.8 Å². The fourth-order valence-electron chi connectivity index (χ4n) is 2.51. The van der Waals surface area contributed by atoms with Gasteiger partial charge in [0, 0.05) is 29.2 Å². The highest BCUT2D eigenvalue weighted by Crippen LogP contribution is 2.34. The van der Waals surface area contributed by atoms with E-state index in [1.807, 2.05) is 0 Å². The average Bonchev–Trinajstić information content (AvgIpc) is 3.22. The molecule has 0 saturated carbocycles. The summed E-state index contributed by atoms with van der Waals surface area (Å²) in [5, 5.41) is 3.26. The molecule has 0 aliphatic carbocycles. The summed E-state index contributed by atoms with van der Waals surface area (Å²) in [7, 11) is -1.58. The minimum atomic E-state index is -4.48. The fraction of sp³-hybridized carbons (Fsp3) is 0.176. The Morgan fingerprint density at radius 2 is 1.90 bits per heavy atom. The van der Waals surface area contributed by atoms with Crippen LogP contribution < -0.4 is 13.8 Å². The van der Waals surface area contributed by atoms with Gasteiger partial charge in [-0.15, -0.1) is 5.10 Å². The predicted octanol–water partition coefficient (Wildman–Crippen LogP) is 3.88. The van der Waals surface area contributed by atoms with E-state index in [1.165, 1.54) is 20.4 Å². The average molecular weight is 462 g/mol. The van der Waals surface area contributed by atoms with Crippen molar-refractivity contribution in [3.05, 3.63) is 58.7 Å². The minimum absolute atomic E-state index is 0.128. The van der Waals surface area contributed by atoms with Crippen molar-refractivity contribution in [3.63, 3.8) is 0 Å². The zero-order valence-electron chi connectivity index (χ0n) is 15.1. The second-order valence-electron chi connectivity index (χ2n) is 5.64. The summed E-state index contributed by atoms with van der Waals surface area (Å²) in [5.74, 6) is -1.46. The van der Waals surface area contributed by atoms with Gasteiger partial charge in [0.05, 0.1) is 32.0 Å². The van der Waals surface area contributed by atoms with Crippen LogP contribution in [0.15, 0.2) is 41.4 Å². The molecule has 0 amide bonds. The van der Waals surface area contributed by atoms with Gasteiger partial charge in [-0.2, -0.15) is 0 Å². The van der Waals surface area contributed by atoms with Crippen molar-refractivity contribution in [2.75, 3.05) is 18.5 Å². The molecule has 0 aliphatic rings. The van der Waals surface area contributed by atoms with E-state index >= 15 is 0 Å². The van der Waals surface area contributed by atoms with Gasteiger partial charge >= 0.3 is 0 Å². The maximum atomic E-state index is 14.3. The smallest absolute Gasteiger partial charge is 0.268 e. The van der Waals surface area contributed by atoms with E-state index in [0.29, 0.717) is 23.1 Å². The largest absolute Gasteiger partial charge is 0.497 e. The van der Waals surface area contributed by atoms with Crippen molar-refractivity contribution in [3.8, 4) is 11.5 Å². The number of methoxy groups -OCH3 is 2. The molecule has 12 heteroatoms. The Kier molecular flexibility index (Phi) is 6.20. The molecule has 29 heavy (non-hydrogen) atoms. The molecule has 0 N–H and O–H groups in total. The Hall–Kier alpha value is -2.50. The second-order valence-corrected chi connectivity index (χ2v) is 8.64. The fourth-order valence-corrected chi connectivity index (χ4v) is 4.96. The van der Waals surface area contributed by atoms with E-state index in [1.54, 1.807) is 18.2 Å².